The van der Waals surface area contributed by atoms with Crippen LogP contribution in [0.5, 0.6) is 0 Å². The summed E-state index contributed by atoms with van der Waals surface area (Å²) in [7, 11) is 0. The number of carboxylic acids is 1. The third-order valence-electron chi connectivity index (χ3n) is 2.51. The number of carbonyl (C=O) groups is 1. The second kappa shape index (κ2) is 6.79. The lowest BCUT2D eigenvalue weighted by molar-refractivity contribution is -0.137. The molecule has 0 aliphatic carbocycles. The van der Waals surface area contributed by atoms with Crippen LogP contribution in [-0.2, 0) is 4.79 Å². The van der Waals surface area contributed by atoms with Crippen molar-refractivity contribution in [3.63, 3.8) is 0 Å². The quantitative estimate of drug-likeness (QED) is 0.636. The standard InChI is InChI=1S/C10H19N2O2/c13-10(14)4-2-1-3-7-12-8-5-11-6-9-12/h1-9H2,(H,13,14). The minimum atomic E-state index is -0.679. The fraction of sp³-hybridized carbons (Fsp3) is 0.900. The number of aliphatic carboxylic acids is 1. The lowest BCUT2D eigenvalue weighted by Crippen LogP contribution is -2.40. The molecule has 1 aliphatic heterocycles. The van der Waals surface area contributed by atoms with Crippen LogP contribution in [0, 0.1) is 0 Å². The van der Waals surface area contributed by atoms with Gasteiger partial charge in [-0.25, -0.2) is 5.32 Å². The van der Waals surface area contributed by atoms with Crippen molar-refractivity contribution in [2.24, 2.45) is 0 Å². The van der Waals surface area contributed by atoms with Crippen molar-refractivity contribution in [1.29, 1.82) is 0 Å². The molecule has 0 unspecified atom stereocenters. The molecule has 0 aromatic heterocycles. The summed E-state index contributed by atoms with van der Waals surface area (Å²) in [6, 6.07) is 0. The van der Waals surface area contributed by atoms with Crippen LogP contribution < -0.4 is 5.32 Å². The third kappa shape index (κ3) is 5.19. The molecule has 0 aromatic rings. The molecule has 1 rings (SSSR count). The van der Waals surface area contributed by atoms with Crippen LogP contribution in [0.1, 0.15) is 25.7 Å². The Labute approximate surface area is 85.3 Å². The molecule has 1 N–H and O–H groups in total. The van der Waals surface area contributed by atoms with Gasteiger partial charge in [-0.2, -0.15) is 0 Å². The van der Waals surface area contributed by atoms with E-state index in [-0.39, 0.29) is 0 Å². The number of nitrogens with zero attached hydrogens (tertiary/aromatic N) is 2. The van der Waals surface area contributed by atoms with Crippen LogP contribution in [0.3, 0.4) is 0 Å². The van der Waals surface area contributed by atoms with Crippen molar-refractivity contribution < 1.29 is 9.90 Å². The summed E-state index contributed by atoms with van der Waals surface area (Å²) < 4.78 is 0. The normalized spacial score (nSPS) is 18.3. The highest BCUT2D eigenvalue weighted by Gasteiger charge is 2.08. The van der Waals surface area contributed by atoms with Gasteiger partial charge in [-0.3, -0.25) is 4.79 Å². The van der Waals surface area contributed by atoms with Crippen LogP contribution in [0.2, 0.25) is 0 Å². The fourth-order valence-electron chi connectivity index (χ4n) is 1.66. The van der Waals surface area contributed by atoms with Gasteiger partial charge in [0.2, 0.25) is 0 Å². The SMILES string of the molecule is O=C(O)CCCCCN1CC[N]CC1. The molecule has 1 saturated heterocycles. The maximum absolute atomic E-state index is 10.2. The van der Waals surface area contributed by atoms with Crippen molar-refractivity contribution in [1.82, 2.24) is 10.2 Å². The van der Waals surface area contributed by atoms with Crippen LogP contribution >= 0.6 is 0 Å². The van der Waals surface area contributed by atoms with Gasteiger partial charge in [-0.1, -0.05) is 6.42 Å². The number of hydrogen-bond donors (Lipinski definition) is 1. The Hall–Kier alpha value is -0.610. The number of piperazine rings is 1. The summed E-state index contributed by atoms with van der Waals surface area (Å²) in [6.45, 7) is 5.21. The average Bonchev–Trinajstić information content (AvgIpc) is 2.18. The number of rotatable bonds is 6. The molecule has 81 valence electrons. The van der Waals surface area contributed by atoms with E-state index >= 15 is 0 Å². The molecule has 0 aromatic carbocycles. The number of unbranched alkanes of at least 4 members (excludes halogenated alkanes) is 2. The molecule has 0 spiro atoms. The molecule has 0 saturated carbocycles. The highest BCUT2D eigenvalue weighted by Crippen LogP contribution is 2.02. The van der Waals surface area contributed by atoms with E-state index in [1.54, 1.807) is 0 Å². The van der Waals surface area contributed by atoms with Crippen molar-refractivity contribution in [3.05, 3.63) is 0 Å². The van der Waals surface area contributed by atoms with E-state index in [2.05, 4.69) is 10.2 Å². The second-order valence-electron chi connectivity index (χ2n) is 3.72. The van der Waals surface area contributed by atoms with Gasteiger partial charge >= 0.3 is 5.97 Å². The molecule has 1 heterocycles. The Bertz CT molecular complexity index is 168. The molecular formula is C10H19N2O2. The van der Waals surface area contributed by atoms with Crippen molar-refractivity contribution in [3.8, 4) is 0 Å². The predicted octanol–water partition coefficient (Wildman–Crippen LogP) is 0.551. The van der Waals surface area contributed by atoms with Crippen molar-refractivity contribution >= 4 is 5.97 Å². The molecule has 0 bridgehead atoms. The van der Waals surface area contributed by atoms with E-state index in [1.165, 1.54) is 0 Å². The smallest absolute Gasteiger partial charge is 0.303 e. The first-order valence-corrected chi connectivity index (χ1v) is 5.36. The molecule has 0 amide bonds. The Balaban J connectivity index is 1.90. The highest BCUT2D eigenvalue weighted by atomic mass is 16.4. The van der Waals surface area contributed by atoms with E-state index in [0.717, 1.165) is 52.0 Å². The molecule has 4 heteroatoms. The second-order valence-corrected chi connectivity index (χ2v) is 3.72. The topological polar surface area (TPSA) is 54.6 Å². The Morgan fingerprint density at radius 1 is 1.21 bits per heavy atom. The lowest BCUT2D eigenvalue weighted by Gasteiger charge is -2.25. The predicted molar refractivity (Wildman–Crippen MR) is 54.4 cm³/mol. The summed E-state index contributed by atoms with van der Waals surface area (Å²) in [4.78, 5) is 12.7. The zero-order chi connectivity index (χ0) is 10.2. The average molecular weight is 199 g/mol. The van der Waals surface area contributed by atoms with E-state index in [4.69, 9.17) is 5.11 Å². The first kappa shape index (κ1) is 11.5. The number of carboxylic acid groups (broad SMARTS) is 1. The molecule has 0 atom stereocenters. The minimum absolute atomic E-state index is 0.315. The number of hydrogen-bond acceptors (Lipinski definition) is 2. The van der Waals surface area contributed by atoms with Gasteiger partial charge in [0, 0.05) is 32.6 Å². The molecule has 1 fully saturated rings. The monoisotopic (exact) mass is 199 g/mol. The van der Waals surface area contributed by atoms with Crippen LogP contribution in [0.4, 0.5) is 0 Å². The van der Waals surface area contributed by atoms with Crippen LogP contribution in [0.15, 0.2) is 0 Å². The lowest BCUT2D eigenvalue weighted by atomic mass is 10.2. The summed E-state index contributed by atoms with van der Waals surface area (Å²) >= 11 is 0. The van der Waals surface area contributed by atoms with Crippen LogP contribution in [-0.4, -0.2) is 48.7 Å². The first-order valence-electron chi connectivity index (χ1n) is 5.36. The maximum atomic E-state index is 10.2. The van der Waals surface area contributed by atoms with Gasteiger partial charge in [-0.05, 0) is 19.4 Å². The highest BCUT2D eigenvalue weighted by molar-refractivity contribution is 5.66. The Morgan fingerprint density at radius 2 is 1.93 bits per heavy atom. The van der Waals surface area contributed by atoms with Crippen molar-refractivity contribution in [2.45, 2.75) is 25.7 Å². The van der Waals surface area contributed by atoms with E-state index in [9.17, 15) is 4.79 Å². The van der Waals surface area contributed by atoms with Gasteiger partial charge in [-0.15, -0.1) is 0 Å². The van der Waals surface area contributed by atoms with Gasteiger partial charge in [0.25, 0.3) is 0 Å². The Kier molecular flexibility index (Phi) is 5.56. The van der Waals surface area contributed by atoms with Crippen molar-refractivity contribution in [2.75, 3.05) is 32.7 Å². The Morgan fingerprint density at radius 3 is 2.57 bits per heavy atom. The van der Waals surface area contributed by atoms with E-state index in [1.807, 2.05) is 0 Å². The summed E-state index contributed by atoms with van der Waals surface area (Å²) in [5.41, 5.74) is 0. The largest absolute Gasteiger partial charge is 0.481 e. The summed E-state index contributed by atoms with van der Waals surface area (Å²) in [6.07, 6.45) is 3.27. The van der Waals surface area contributed by atoms with Gasteiger partial charge in [0.15, 0.2) is 0 Å². The summed E-state index contributed by atoms with van der Waals surface area (Å²) in [5, 5.41) is 12.7. The van der Waals surface area contributed by atoms with Crippen LogP contribution in [0.25, 0.3) is 0 Å². The molecule has 1 radical (unpaired) electrons. The summed E-state index contributed by atoms with van der Waals surface area (Å²) in [5.74, 6) is -0.679. The molecular weight excluding hydrogens is 180 g/mol. The minimum Gasteiger partial charge on any atom is -0.481 e. The first-order chi connectivity index (χ1) is 6.79. The molecule has 14 heavy (non-hydrogen) atoms. The zero-order valence-electron chi connectivity index (χ0n) is 8.61. The molecule has 1 aliphatic rings. The maximum Gasteiger partial charge on any atom is 0.303 e. The van der Waals surface area contributed by atoms with E-state index < -0.39 is 5.97 Å². The molecule has 4 nitrogen and oxygen atoms in total. The van der Waals surface area contributed by atoms with Gasteiger partial charge in [0.05, 0.1) is 0 Å². The van der Waals surface area contributed by atoms with E-state index in [0.29, 0.717) is 6.42 Å². The zero-order valence-corrected chi connectivity index (χ0v) is 8.61. The third-order valence-corrected chi connectivity index (χ3v) is 2.51. The fourth-order valence-corrected chi connectivity index (χ4v) is 1.66. The van der Waals surface area contributed by atoms with Gasteiger partial charge < -0.3 is 10.0 Å². The van der Waals surface area contributed by atoms with Gasteiger partial charge in [0.1, 0.15) is 0 Å².